The topological polar surface area (TPSA) is 32.3 Å². The first-order valence-corrected chi connectivity index (χ1v) is 8.73. The smallest absolute Gasteiger partial charge is 0.226 e. The van der Waals surface area contributed by atoms with Crippen LogP contribution in [0.15, 0.2) is 30.3 Å². The van der Waals surface area contributed by atoms with E-state index in [4.69, 9.17) is 0 Å². The molecule has 2 aliphatic rings. The molecule has 0 aromatic heterocycles. The molecule has 1 amide bonds. The van der Waals surface area contributed by atoms with Crippen molar-refractivity contribution in [3.63, 3.8) is 0 Å². The first kappa shape index (κ1) is 15.5. The summed E-state index contributed by atoms with van der Waals surface area (Å²) in [5, 5.41) is 3.45. The van der Waals surface area contributed by atoms with Crippen molar-refractivity contribution in [2.45, 2.75) is 58.2 Å². The molecule has 3 nitrogen and oxygen atoms in total. The van der Waals surface area contributed by atoms with Crippen LogP contribution in [0.2, 0.25) is 0 Å². The molecule has 1 N–H and O–H groups in total. The summed E-state index contributed by atoms with van der Waals surface area (Å²) in [6.45, 7) is 6.15. The van der Waals surface area contributed by atoms with Crippen LogP contribution in [0, 0.1) is 11.8 Å². The van der Waals surface area contributed by atoms with Gasteiger partial charge in [-0.2, -0.15) is 0 Å². The van der Waals surface area contributed by atoms with Gasteiger partial charge in [0.25, 0.3) is 0 Å². The molecular formula is C19H28N2O. The molecule has 1 heterocycles. The van der Waals surface area contributed by atoms with Crippen molar-refractivity contribution in [2.75, 3.05) is 6.54 Å². The van der Waals surface area contributed by atoms with Gasteiger partial charge in [0, 0.05) is 24.5 Å². The number of benzene rings is 1. The second kappa shape index (κ2) is 6.82. The molecule has 1 unspecified atom stereocenters. The fourth-order valence-electron chi connectivity index (χ4n) is 3.63. The lowest BCUT2D eigenvalue weighted by Gasteiger charge is -2.36. The molecule has 3 rings (SSSR count). The van der Waals surface area contributed by atoms with E-state index in [1.165, 1.54) is 18.4 Å². The first-order chi connectivity index (χ1) is 10.6. The van der Waals surface area contributed by atoms with E-state index in [2.05, 4.69) is 48.3 Å². The maximum absolute atomic E-state index is 13.1. The van der Waals surface area contributed by atoms with Gasteiger partial charge in [-0.3, -0.25) is 4.79 Å². The minimum atomic E-state index is 0.196. The summed E-state index contributed by atoms with van der Waals surface area (Å²) in [6.07, 6.45) is 4.51. The van der Waals surface area contributed by atoms with Crippen molar-refractivity contribution in [2.24, 2.45) is 11.8 Å². The molecular weight excluding hydrogens is 272 g/mol. The Bertz CT molecular complexity index is 497. The van der Waals surface area contributed by atoms with Gasteiger partial charge in [-0.15, -0.1) is 0 Å². The molecule has 1 saturated carbocycles. The minimum Gasteiger partial charge on any atom is -0.335 e. The summed E-state index contributed by atoms with van der Waals surface area (Å²) in [7, 11) is 0. The van der Waals surface area contributed by atoms with Gasteiger partial charge in [0.15, 0.2) is 0 Å². The average Bonchev–Trinajstić information content (AvgIpc) is 3.37. The Kier molecular flexibility index (Phi) is 4.82. The van der Waals surface area contributed by atoms with Gasteiger partial charge >= 0.3 is 0 Å². The molecule has 2 fully saturated rings. The molecule has 1 aromatic carbocycles. The largest absolute Gasteiger partial charge is 0.335 e. The van der Waals surface area contributed by atoms with Crippen LogP contribution in [-0.4, -0.2) is 29.4 Å². The lowest BCUT2D eigenvalue weighted by Crippen LogP contribution is -2.47. The number of amides is 1. The number of piperidine rings is 1. The second-order valence-corrected chi connectivity index (χ2v) is 7.11. The Balaban J connectivity index is 1.73. The van der Waals surface area contributed by atoms with Crippen LogP contribution in [-0.2, 0) is 11.3 Å². The lowest BCUT2D eigenvalue weighted by molar-refractivity contribution is -0.140. The highest BCUT2D eigenvalue weighted by Crippen LogP contribution is 2.36. The van der Waals surface area contributed by atoms with E-state index in [-0.39, 0.29) is 5.92 Å². The standard InChI is InChI=1S/C19H28N2O/c1-14-12-18(10-11-20-14)19(22)21(15(2)17-8-9-17)13-16-6-4-3-5-7-16/h3-7,14-15,17-18,20H,8-13H2,1-2H3/t14-,15?,18-/m0/s1. The van der Waals surface area contributed by atoms with Gasteiger partial charge in [0.05, 0.1) is 0 Å². The van der Waals surface area contributed by atoms with Crippen LogP contribution in [0.3, 0.4) is 0 Å². The zero-order chi connectivity index (χ0) is 15.5. The lowest BCUT2D eigenvalue weighted by atomic mass is 9.91. The van der Waals surface area contributed by atoms with E-state index >= 15 is 0 Å². The monoisotopic (exact) mass is 300 g/mol. The fourth-order valence-corrected chi connectivity index (χ4v) is 3.63. The molecule has 1 aliphatic heterocycles. The molecule has 1 saturated heterocycles. The van der Waals surface area contributed by atoms with Crippen LogP contribution >= 0.6 is 0 Å². The highest BCUT2D eigenvalue weighted by molar-refractivity contribution is 5.79. The number of nitrogens with zero attached hydrogens (tertiary/aromatic N) is 1. The normalized spacial score (nSPS) is 26.5. The Labute approximate surface area is 134 Å². The average molecular weight is 300 g/mol. The third-order valence-corrected chi connectivity index (χ3v) is 5.25. The molecule has 3 heteroatoms. The third kappa shape index (κ3) is 3.70. The van der Waals surface area contributed by atoms with Crippen molar-refractivity contribution in [1.29, 1.82) is 0 Å². The number of hydrogen-bond acceptors (Lipinski definition) is 2. The quantitative estimate of drug-likeness (QED) is 0.905. The summed E-state index contributed by atoms with van der Waals surface area (Å²) < 4.78 is 0. The summed E-state index contributed by atoms with van der Waals surface area (Å²) >= 11 is 0. The zero-order valence-electron chi connectivity index (χ0n) is 13.8. The highest BCUT2D eigenvalue weighted by Gasteiger charge is 2.37. The van der Waals surface area contributed by atoms with E-state index in [1.54, 1.807) is 0 Å². The van der Waals surface area contributed by atoms with Gasteiger partial charge in [-0.1, -0.05) is 30.3 Å². The van der Waals surface area contributed by atoms with Crippen LogP contribution in [0.25, 0.3) is 0 Å². The second-order valence-electron chi connectivity index (χ2n) is 7.11. The fraction of sp³-hybridized carbons (Fsp3) is 0.632. The molecule has 3 atom stereocenters. The van der Waals surface area contributed by atoms with E-state index in [9.17, 15) is 4.79 Å². The van der Waals surface area contributed by atoms with Gasteiger partial charge in [0.2, 0.25) is 5.91 Å². The van der Waals surface area contributed by atoms with Gasteiger partial charge < -0.3 is 10.2 Å². The Hall–Kier alpha value is -1.35. The van der Waals surface area contributed by atoms with Crippen LogP contribution in [0.1, 0.15) is 45.1 Å². The van der Waals surface area contributed by atoms with E-state index < -0.39 is 0 Å². The summed E-state index contributed by atoms with van der Waals surface area (Å²) in [4.78, 5) is 15.3. The Morgan fingerprint density at radius 3 is 2.64 bits per heavy atom. The first-order valence-electron chi connectivity index (χ1n) is 8.73. The van der Waals surface area contributed by atoms with Crippen molar-refractivity contribution < 1.29 is 4.79 Å². The maximum Gasteiger partial charge on any atom is 0.226 e. The van der Waals surface area contributed by atoms with Crippen LogP contribution < -0.4 is 5.32 Å². The Morgan fingerprint density at radius 1 is 1.27 bits per heavy atom. The predicted octanol–water partition coefficient (Wildman–Crippen LogP) is 3.20. The molecule has 0 spiro atoms. The number of carbonyl (C=O) groups excluding carboxylic acids is 1. The van der Waals surface area contributed by atoms with E-state index in [1.807, 2.05) is 6.07 Å². The number of rotatable bonds is 5. The highest BCUT2D eigenvalue weighted by atomic mass is 16.2. The van der Waals surface area contributed by atoms with Gasteiger partial charge in [0.1, 0.15) is 0 Å². The summed E-state index contributed by atoms with van der Waals surface area (Å²) in [6, 6.07) is 11.2. The maximum atomic E-state index is 13.1. The SMILES string of the molecule is CC(C1CC1)N(Cc1ccccc1)C(=O)[C@H]1CCN[C@@H](C)C1. The molecule has 0 bridgehead atoms. The van der Waals surface area contributed by atoms with Crippen LogP contribution in [0.4, 0.5) is 0 Å². The third-order valence-electron chi connectivity index (χ3n) is 5.25. The number of carbonyl (C=O) groups is 1. The van der Waals surface area contributed by atoms with Crippen molar-refractivity contribution in [3.8, 4) is 0 Å². The zero-order valence-corrected chi connectivity index (χ0v) is 13.8. The molecule has 1 aliphatic carbocycles. The summed E-state index contributed by atoms with van der Waals surface area (Å²) in [5.41, 5.74) is 1.24. The van der Waals surface area contributed by atoms with Crippen molar-refractivity contribution >= 4 is 5.91 Å². The van der Waals surface area contributed by atoms with Gasteiger partial charge in [-0.25, -0.2) is 0 Å². The van der Waals surface area contributed by atoms with E-state index in [0.29, 0.717) is 23.9 Å². The molecule has 1 aromatic rings. The van der Waals surface area contributed by atoms with E-state index in [0.717, 1.165) is 25.9 Å². The van der Waals surface area contributed by atoms with Crippen molar-refractivity contribution in [3.05, 3.63) is 35.9 Å². The number of nitrogens with one attached hydrogen (secondary N) is 1. The Morgan fingerprint density at radius 2 is 2.00 bits per heavy atom. The predicted molar refractivity (Wildman–Crippen MR) is 89.4 cm³/mol. The molecule has 120 valence electrons. The van der Waals surface area contributed by atoms with Crippen molar-refractivity contribution in [1.82, 2.24) is 10.2 Å². The number of hydrogen-bond donors (Lipinski definition) is 1. The van der Waals surface area contributed by atoms with Gasteiger partial charge in [-0.05, 0) is 57.6 Å². The molecule has 22 heavy (non-hydrogen) atoms. The molecule has 0 radical (unpaired) electrons. The summed E-state index contributed by atoms with van der Waals surface area (Å²) in [5.74, 6) is 1.28. The minimum absolute atomic E-state index is 0.196. The van der Waals surface area contributed by atoms with Crippen LogP contribution in [0.5, 0.6) is 0 Å².